The van der Waals surface area contributed by atoms with Crippen molar-refractivity contribution >= 4 is 56.6 Å². The highest BCUT2D eigenvalue weighted by molar-refractivity contribution is 6.43. The van der Waals surface area contributed by atoms with Crippen LogP contribution in [0.15, 0.2) is 42.6 Å². The number of nitrogens with one attached hydrogen (secondary N) is 1. The Morgan fingerprint density at radius 1 is 1.11 bits per heavy atom. The molecule has 6 aliphatic rings. The number of pyridine rings is 2. The number of methoxy groups -OCH3 is 1. The number of nitriles is 1. The Hall–Kier alpha value is -4.43. The number of benzene rings is 2. The lowest BCUT2D eigenvalue weighted by Gasteiger charge is -2.40. The van der Waals surface area contributed by atoms with Crippen LogP contribution < -0.4 is 15.0 Å². The number of halogens is 3. The standard InChI is InChI=1S/C43H42Cl2FN7O2/c1-21-33(11-13-48-42(21)55-3)51-19-26-14-27(20-51)52(43(54)23-9-10-23)40(26)34-17-29-22(2)50-38-30(41(29)53(34)39-25-16-32(39)49-18-25)15-24(6-5-12-47)35(37(38)46)28-7-4-8-31(44)36(28)45/h4,7-8,11,13,15,17,23,25-27,32,39-40,49H,5-6,9-10,14,16,18-20H2,1-3H3. The molecule has 4 aliphatic heterocycles. The lowest BCUT2D eigenvalue weighted by atomic mass is 9.79. The molecule has 1 N–H and O–H groups in total. The van der Waals surface area contributed by atoms with E-state index in [1.165, 1.54) is 0 Å². The number of piperidine rings is 1. The highest BCUT2D eigenvalue weighted by Gasteiger charge is 2.55. The molecule has 1 amide bonds. The molecule has 6 fully saturated rings. The molecule has 2 aliphatic carbocycles. The molecule has 6 unspecified atom stereocenters. The van der Waals surface area contributed by atoms with Gasteiger partial charge in [-0.25, -0.2) is 14.4 Å². The average Bonchev–Trinajstić information content (AvgIpc) is 3.46. The third-order valence-electron chi connectivity index (χ3n) is 13.2. The van der Waals surface area contributed by atoms with Crippen molar-refractivity contribution in [2.75, 3.05) is 31.6 Å². The van der Waals surface area contributed by atoms with Crippen LogP contribution in [0.1, 0.15) is 66.7 Å². The van der Waals surface area contributed by atoms with Crippen LogP contribution in [0.4, 0.5) is 10.1 Å². The van der Waals surface area contributed by atoms with Crippen molar-refractivity contribution in [1.82, 2.24) is 24.8 Å². The smallest absolute Gasteiger partial charge is 0.226 e. The Kier molecular flexibility index (Phi) is 8.32. The molecule has 12 heteroatoms. The summed E-state index contributed by atoms with van der Waals surface area (Å²) < 4.78 is 25.5. The summed E-state index contributed by atoms with van der Waals surface area (Å²) in [6.45, 7) is 6.46. The molecule has 3 aromatic heterocycles. The average molecular weight is 779 g/mol. The summed E-state index contributed by atoms with van der Waals surface area (Å²) in [6.07, 6.45) is 6.23. The number of fused-ring (bicyclic) bond motifs is 6. The van der Waals surface area contributed by atoms with E-state index in [1.54, 1.807) is 31.5 Å². The number of rotatable bonds is 8. The number of hydrogen-bond acceptors (Lipinski definition) is 7. The van der Waals surface area contributed by atoms with Gasteiger partial charge in [-0.2, -0.15) is 5.26 Å². The first kappa shape index (κ1) is 35.0. The van der Waals surface area contributed by atoms with Crippen LogP contribution in [-0.4, -0.2) is 64.2 Å². The predicted molar refractivity (Wildman–Crippen MR) is 212 cm³/mol. The fourth-order valence-electron chi connectivity index (χ4n) is 10.6. The van der Waals surface area contributed by atoms with Crippen molar-refractivity contribution in [2.45, 2.75) is 76.5 Å². The van der Waals surface area contributed by atoms with Gasteiger partial charge in [-0.1, -0.05) is 35.3 Å². The minimum Gasteiger partial charge on any atom is -0.481 e. The topological polar surface area (TPSA) is 99.3 Å². The van der Waals surface area contributed by atoms with Gasteiger partial charge < -0.3 is 24.4 Å². The number of anilines is 1. The lowest BCUT2D eigenvalue weighted by molar-refractivity contribution is -0.135. The fourth-order valence-corrected chi connectivity index (χ4v) is 11.0. The predicted octanol–water partition coefficient (Wildman–Crippen LogP) is 8.50. The highest BCUT2D eigenvalue weighted by atomic mass is 35.5. The largest absolute Gasteiger partial charge is 0.481 e. The first-order valence-corrected chi connectivity index (χ1v) is 20.2. The van der Waals surface area contributed by atoms with Gasteiger partial charge in [0, 0.05) is 94.7 Å². The van der Waals surface area contributed by atoms with Crippen molar-refractivity contribution in [2.24, 2.45) is 17.8 Å². The normalized spacial score (nSPS) is 25.5. The van der Waals surface area contributed by atoms with E-state index in [-0.39, 0.29) is 58.9 Å². The lowest BCUT2D eigenvalue weighted by Crippen LogP contribution is -2.45. The van der Waals surface area contributed by atoms with Crippen LogP contribution in [0.25, 0.3) is 32.9 Å². The van der Waals surface area contributed by atoms with E-state index in [0.29, 0.717) is 45.3 Å². The quantitative estimate of drug-likeness (QED) is 0.169. The second-order valence-corrected chi connectivity index (χ2v) is 17.0. The molecule has 9 nitrogen and oxygen atoms in total. The summed E-state index contributed by atoms with van der Waals surface area (Å²) >= 11 is 13.2. The molecule has 0 radical (unpaired) electrons. The molecule has 282 valence electrons. The van der Waals surface area contributed by atoms with Gasteiger partial charge in [-0.05, 0) is 81.7 Å². The minimum absolute atomic E-state index is 0.0501. The van der Waals surface area contributed by atoms with E-state index >= 15 is 4.39 Å². The summed E-state index contributed by atoms with van der Waals surface area (Å²) in [5, 5.41) is 15.7. The van der Waals surface area contributed by atoms with Crippen molar-refractivity contribution in [3.8, 4) is 23.1 Å². The summed E-state index contributed by atoms with van der Waals surface area (Å²) in [4.78, 5) is 28.6. The first-order valence-electron chi connectivity index (χ1n) is 19.5. The number of aryl methyl sites for hydroxylation is 2. The molecular weight excluding hydrogens is 736 g/mol. The third-order valence-corrected chi connectivity index (χ3v) is 14.0. The van der Waals surface area contributed by atoms with Crippen LogP contribution in [0.2, 0.25) is 10.0 Å². The van der Waals surface area contributed by atoms with E-state index in [4.69, 9.17) is 32.9 Å². The molecule has 5 aromatic rings. The Bertz CT molecular complexity index is 2460. The second kappa shape index (κ2) is 13.1. The molecule has 6 atom stereocenters. The van der Waals surface area contributed by atoms with Crippen molar-refractivity contribution in [1.29, 1.82) is 5.26 Å². The number of nitrogens with zero attached hydrogens (tertiary/aromatic N) is 6. The summed E-state index contributed by atoms with van der Waals surface area (Å²) in [6, 6.07) is 14.2. The molecular formula is C43H42Cl2FN7O2. The Morgan fingerprint density at radius 2 is 1.95 bits per heavy atom. The van der Waals surface area contributed by atoms with E-state index in [1.807, 2.05) is 13.0 Å². The van der Waals surface area contributed by atoms with Crippen LogP contribution in [0, 0.1) is 48.7 Å². The summed E-state index contributed by atoms with van der Waals surface area (Å²) in [5.41, 5.74) is 6.66. The van der Waals surface area contributed by atoms with Crippen molar-refractivity contribution in [3.05, 3.63) is 81.0 Å². The van der Waals surface area contributed by atoms with Crippen LogP contribution in [0.5, 0.6) is 5.88 Å². The van der Waals surface area contributed by atoms with E-state index in [9.17, 15) is 10.1 Å². The van der Waals surface area contributed by atoms with E-state index < -0.39 is 5.82 Å². The van der Waals surface area contributed by atoms with Gasteiger partial charge in [0.1, 0.15) is 5.52 Å². The molecule has 2 saturated carbocycles. The molecule has 4 bridgehead atoms. The van der Waals surface area contributed by atoms with Crippen LogP contribution in [0.3, 0.4) is 0 Å². The van der Waals surface area contributed by atoms with E-state index in [2.05, 4.69) is 49.8 Å². The van der Waals surface area contributed by atoms with Gasteiger partial charge >= 0.3 is 0 Å². The monoisotopic (exact) mass is 777 g/mol. The van der Waals surface area contributed by atoms with Crippen molar-refractivity contribution < 1.29 is 13.9 Å². The maximum absolute atomic E-state index is 17.4. The number of likely N-dealkylation sites (tertiary alicyclic amines) is 1. The first-order chi connectivity index (χ1) is 26.7. The maximum atomic E-state index is 17.4. The van der Waals surface area contributed by atoms with Gasteiger partial charge in [0.15, 0.2) is 5.82 Å². The van der Waals surface area contributed by atoms with E-state index in [0.717, 1.165) is 78.9 Å². The van der Waals surface area contributed by atoms with Gasteiger partial charge in [0.05, 0.1) is 46.9 Å². The number of amides is 1. The highest BCUT2D eigenvalue weighted by Crippen LogP contribution is 2.54. The Morgan fingerprint density at radius 3 is 2.67 bits per heavy atom. The summed E-state index contributed by atoms with van der Waals surface area (Å²) in [5.74, 6) is 1.06. The molecule has 2 aromatic carbocycles. The van der Waals surface area contributed by atoms with Gasteiger partial charge in [-0.15, -0.1) is 0 Å². The molecule has 55 heavy (non-hydrogen) atoms. The zero-order valence-electron chi connectivity index (χ0n) is 31.1. The SMILES string of the molecule is COc1nccc(N2CC3CC(C2)N(C(=O)C2CC2)C3c2cc3c(C)nc4c(F)c(-c5cccc(Cl)c5Cl)c(CCC#N)cc4c3n2C2C3CNC2C3)c1C. The second-order valence-electron chi connectivity index (χ2n) is 16.3. The Balaban J connectivity index is 1.20. The Labute approximate surface area is 329 Å². The number of ether oxygens (including phenoxy) is 1. The van der Waals surface area contributed by atoms with Crippen LogP contribution in [-0.2, 0) is 11.2 Å². The van der Waals surface area contributed by atoms with Crippen molar-refractivity contribution in [3.63, 3.8) is 0 Å². The van der Waals surface area contributed by atoms with Gasteiger partial charge in [-0.3, -0.25) is 4.79 Å². The third kappa shape index (κ3) is 5.29. The van der Waals surface area contributed by atoms with Gasteiger partial charge in [0.25, 0.3) is 0 Å². The molecule has 0 spiro atoms. The summed E-state index contributed by atoms with van der Waals surface area (Å²) in [7, 11) is 1.65. The number of carbonyl (C=O) groups excluding carboxylic acids is 1. The number of aromatic nitrogens is 3. The molecule has 4 saturated heterocycles. The molecule has 7 heterocycles. The number of hydrogen-bond donors (Lipinski definition) is 1. The zero-order chi connectivity index (χ0) is 37.9. The maximum Gasteiger partial charge on any atom is 0.226 e. The van der Waals surface area contributed by atoms with Gasteiger partial charge in [0.2, 0.25) is 11.8 Å². The molecule has 11 rings (SSSR count). The zero-order valence-corrected chi connectivity index (χ0v) is 32.6. The fraction of sp³-hybridized carbons (Fsp3) is 0.442. The number of carbonyl (C=O) groups is 1. The minimum atomic E-state index is -0.468. The van der Waals surface area contributed by atoms with Crippen LogP contribution >= 0.6 is 23.2 Å².